The van der Waals surface area contributed by atoms with Crippen LogP contribution in [0.1, 0.15) is 5.89 Å². The first-order chi connectivity index (χ1) is 6.66. The number of oxazole rings is 1. The van der Waals surface area contributed by atoms with Crippen molar-refractivity contribution >= 4 is 16.8 Å². The van der Waals surface area contributed by atoms with E-state index >= 15 is 0 Å². The number of rotatable bonds is 2. The molecule has 1 aromatic heterocycles. The predicted octanol–water partition coefficient (Wildman–Crippen LogP) is 1.47. The Morgan fingerprint density at radius 2 is 2.21 bits per heavy atom. The van der Waals surface area contributed by atoms with Gasteiger partial charge in [-0.1, -0.05) is 6.07 Å². The molecule has 0 aliphatic carbocycles. The molecule has 0 aliphatic rings. The summed E-state index contributed by atoms with van der Waals surface area (Å²) in [5, 5.41) is 0. The van der Waals surface area contributed by atoms with Gasteiger partial charge in [0.1, 0.15) is 5.52 Å². The quantitative estimate of drug-likeness (QED) is 0.730. The normalized spacial score (nSPS) is 11.4. The summed E-state index contributed by atoms with van der Waals surface area (Å²) in [6, 6.07) is 5.56. The Labute approximate surface area is 82.3 Å². The molecule has 4 nitrogen and oxygen atoms in total. The molecule has 0 fully saturated rings. The second-order valence-electron chi connectivity index (χ2n) is 3.54. The maximum absolute atomic E-state index is 5.76. The third kappa shape index (κ3) is 1.56. The second kappa shape index (κ2) is 3.31. The lowest BCUT2D eigenvalue weighted by Gasteiger charge is -2.03. The van der Waals surface area contributed by atoms with E-state index in [1.807, 2.05) is 37.2 Å². The van der Waals surface area contributed by atoms with E-state index in [-0.39, 0.29) is 0 Å². The molecule has 2 aromatic rings. The highest BCUT2D eigenvalue weighted by Gasteiger charge is 2.07. The Hall–Kier alpha value is -1.55. The Morgan fingerprint density at radius 3 is 2.86 bits per heavy atom. The molecule has 2 N–H and O–H groups in total. The van der Waals surface area contributed by atoms with Crippen LogP contribution in [0.2, 0.25) is 0 Å². The number of nitrogens with two attached hydrogens (primary N) is 1. The van der Waals surface area contributed by atoms with Gasteiger partial charge in [0.05, 0.1) is 12.2 Å². The molecule has 74 valence electrons. The Morgan fingerprint density at radius 1 is 1.43 bits per heavy atom. The third-order valence-electron chi connectivity index (χ3n) is 1.95. The van der Waals surface area contributed by atoms with Gasteiger partial charge in [-0.15, -0.1) is 0 Å². The van der Waals surface area contributed by atoms with Crippen LogP contribution in [0.5, 0.6) is 0 Å². The lowest BCUT2D eigenvalue weighted by atomic mass is 10.3. The van der Waals surface area contributed by atoms with Crippen molar-refractivity contribution in [3.63, 3.8) is 0 Å². The Balaban J connectivity index is 2.46. The Kier molecular flexibility index (Phi) is 2.13. The Bertz CT molecular complexity index is 448. The number of hydrogen-bond acceptors (Lipinski definition) is 4. The average Bonchev–Trinajstić information content (AvgIpc) is 2.47. The van der Waals surface area contributed by atoms with Crippen LogP contribution in [0.3, 0.4) is 0 Å². The van der Waals surface area contributed by atoms with E-state index < -0.39 is 0 Å². The van der Waals surface area contributed by atoms with E-state index in [2.05, 4.69) is 4.98 Å². The van der Waals surface area contributed by atoms with Crippen LogP contribution in [0.4, 0.5) is 5.69 Å². The predicted molar refractivity (Wildman–Crippen MR) is 55.8 cm³/mol. The van der Waals surface area contributed by atoms with Crippen molar-refractivity contribution in [2.45, 2.75) is 6.54 Å². The van der Waals surface area contributed by atoms with Gasteiger partial charge in [0.25, 0.3) is 0 Å². The average molecular weight is 191 g/mol. The van der Waals surface area contributed by atoms with Crippen molar-refractivity contribution < 1.29 is 4.42 Å². The largest absolute Gasteiger partial charge is 0.439 e. The standard InChI is InChI=1S/C10H13N3O/c1-13(2)6-9-12-10-7(11)4-3-5-8(10)14-9/h3-5H,6,11H2,1-2H3. The summed E-state index contributed by atoms with van der Waals surface area (Å²) in [5.41, 5.74) is 7.93. The molecule has 0 spiro atoms. The summed E-state index contributed by atoms with van der Waals surface area (Å²) in [4.78, 5) is 6.32. The third-order valence-corrected chi connectivity index (χ3v) is 1.95. The van der Waals surface area contributed by atoms with Crippen molar-refractivity contribution in [3.05, 3.63) is 24.1 Å². The van der Waals surface area contributed by atoms with E-state index in [0.29, 0.717) is 18.1 Å². The number of nitrogen functional groups attached to an aromatic ring is 1. The fourth-order valence-corrected chi connectivity index (χ4v) is 1.35. The molecular formula is C10H13N3O. The topological polar surface area (TPSA) is 55.3 Å². The van der Waals surface area contributed by atoms with E-state index in [1.54, 1.807) is 0 Å². The van der Waals surface area contributed by atoms with E-state index in [4.69, 9.17) is 10.2 Å². The minimum Gasteiger partial charge on any atom is -0.439 e. The van der Waals surface area contributed by atoms with Gasteiger partial charge < -0.3 is 15.1 Å². The van der Waals surface area contributed by atoms with Crippen LogP contribution < -0.4 is 5.73 Å². The summed E-state index contributed by atoms with van der Waals surface area (Å²) < 4.78 is 5.53. The van der Waals surface area contributed by atoms with Crippen molar-refractivity contribution in [1.29, 1.82) is 0 Å². The SMILES string of the molecule is CN(C)Cc1nc2c(N)cccc2o1. The van der Waals surface area contributed by atoms with Crippen LogP contribution in [-0.4, -0.2) is 24.0 Å². The van der Waals surface area contributed by atoms with Crippen molar-refractivity contribution in [3.8, 4) is 0 Å². The van der Waals surface area contributed by atoms with Gasteiger partial charge in [0.15, 0.2) is 5.58 Å². The highest BCUT2D eigenvalue weighted by molar-refractivity contribution is 5.85. The van der Waals surface area contributed by atoms with E-state index in [9.17, 15) is 0 Å². The van der Waals surface area contributed by atoms with E-state index in [0.717, 1.165) is 11.1 Å². The van der Waals surface area contributed by atoms with Crippen molar-refractivity contribution in [1.82, 2.24) is 9.88 Å². The van der Waals surface area contributed by atoms with Crippen LogP contribution in [-0.2, 0) is 6.54 Å². The number of nitrogens with zero attached hydrogens (tertiary/aromatic N) is 2. The van der Waals surface area contributed by atoms with Gasteiger partial charge in [-0.3, -0.25) is 0 Å². The number of anilines is 1. The molecule has 0 saturated heterocycles. The lowest BCUT2D eigenvalue weighted by molar-refractivity contribution is 0.349. The van der Waals surface area contributed by atoms with Crippen LogP contribution >= 0.6 is 0 Å². The van der Waals surface area contributed by atoms with Gasteiger partial charge >= 0.3 is 0 Å². The molecule has 0 aliphatic heterocycles. The number of hydrogen-bond donors (Lipinski definition) is 1. The second-order valence-corrected chi connectivity index (χ2v) is 3.54. The molecule has 4 heteroatoms. The molecule has 0 unspecified atom stereocenters. The van der Waals surface area contributed by atoms with Gasteiger partial charge in [-0.25, -0.2) is 4.98 Å². The van der Waals surface area contributed by atoms with Crippen LogP contribution in [0.15, 0.2) is 22.6 Å². The maximum atomic E-state index is 5.76. The monoisotopic (exact) mass is 191 g/mol. The zero-order chi connectivity index (χ0) is 10.1. The lowest BCUT2D eigenvalue weighted by Crippen LogP contribution is -2.10. The van der Waals surface area contributed by atoms with Gasteiger partial charge in [-0.2, -0.15) is 0 Å². The zero-order valence-corrected chi connectivity index (χ0v) is 8.32. The highest BCUT2D eigenvalue weighted by atomic mass is 16.3. The smallest absolute Gasteiger partial charge is 0.209 e. The zero-order valence-electron chi connectivity index (χ0n) is 8.32. The molecule has 1 aromatic carbocycles. The molecule has 0 saturated carbocycles. The number of para-hydroxylation sites is 1. The maximum Gasteiger partial charge on any atom is 0.209 e. The van der Waals surface area contributed by atoms with Crippen LogP contribution in [0.25, 0.3) is 11.1 Å². The minimum absolute atomic E-state index is 0.663. The first kappa shape index (κ1) is 9.02. The van der Waals surface area contributed by atoms with Crippen LogP contribution in [0, 0.1) is 0 Å². The summed E-state index contributed by atoms with van der Waals surface area (Å²) in [5.74, 6) is 0.697. The molecule has 0 bridgehead atoms. The fourth-order valence-electron chi connectivity index (χ4n) is 1.35. The summed E-state index contributed by atoms with van der Waals surface area (Å²) >= 11 is 0. The first-order valence-electron chi connectivity index (χ1n) is 4.45. The molecule has 14 heavy (non-hydrogen) atoms. The van der Waals surface area contributed by atoms with Crippen molar-refractivity contribution in [2.75, 3.05) is 19.8 Å². The van der Waals surface area contributed by atoms with Crippen molar-refractivity contribution in [2.24, 2.45) is 0 Å². The summed E-state index contributed by atoms with van der Waals surface area (Å²) in [6.45, 7) is 0.689. The minimum atomic E-state index is 0.663. The number of benzene rings is 1. The summed E-state index contributed by atoms with van der Waals surface area (Å²) in [7, 11) is 3.94. The molecule has 2 rings (SSSR count). The number of aromatic nitrogens is 1. The van der Waals surface area contributed by atoms with E-state index in [1.165, 1.54) is 0 Å². The highest BCUT2D eigenvalue weighted by Crippen LogP contribution is 2.21. The molecule has 0 radical (unpaired) electrons. The fraction of sp³-hybridized carbons (Fsp3) is 0.300. The molecule has 0 atom stereocenters. The molecular weight excluding hydrogens is 178 g/mol. The number of fused-ring (bicyclic) bond motifs is 1. The van der Waals surface area contributed by atoms with Gasteiger partial charge in [-0.05, 0) is 26.2 Å². The molecule has 0 amide bonds. The van der Waals surface area contributed by atoms with Gasteiger partial charge in [0, 0.05) is 0 Å². The van der Waals surface area contributed by atoms with Gasteiger partial charge in [0.2, 0.25) is 5.89 Å². The first-order valence-corrected chi connectivity index (χ1v) is 4.45. The molecule has 1 heterocycles. The summed E-state index contributed by atoms with van der Waals surface area (Å²) in [6.07, 6.45) is 0.